The quantitative estimate of drug-likeness (QED) is 0.220. The Balaban J connectivity index is 1.67. The summed E-state index contributed by atoms with van der Waals surface area (Å²) in [5.41, 5.74) is 1.91. The second kappa shape index (κ2) is 9.91. The lowest BCUT2D eigenvalue weighted by atomic mass is 10.2. The van der Waals surface area contributed by atoms with Crippen LogP contribution in [0.4, 0.5) is 0 Å². The third-order valence-electron chi connectivity index (χ3n) is 4.94. The molecule has 4 aromatic rings. The molecule has 2 aromatic heterocycles. The van der Waals surface area contributed by atoms with Gasteiger partial charge in [0.15, 0.2) is 10.9 Å². The number of rotatable bonds is 7. The number of halogens is 1. The van der Waals surface area contributed by atoms with Crippen molar-refractivity contribution in [3.05, 3.63) is 85.3 Å². The van der Waals surface area contributed by atoms with Crippen molar-refractivity contribution in [1.29, 1.82) is 0 Å². The number of thiophene rings is 1. The summed E-state index contributed by atoms with van der Waals surface area (Å²) in [5, 5.41) is 4.09. The molecule has 1 N–H and O–H groups in total. The van der Waals surface area contributed by atoms with Gasteiger partial charge in [-0.15, -0.1) is 11.3 Å². The van der Waals surface area contributed by atoms with Crippen LogP contribution in [-0.2, 0) is 11.3 Å². The zero-order chi connectivity index (χ0) is 23.5. The van der Waals surface area contributed by atoms with E-state index in [9.17, 15) is 14.4 Å². The van der Waals surface area contributed by atoms with Gasteiger partial charge >= 0.3 is 0 Å². The lowest BCUT2D eigenvalue weighted by Gasteiger charge is -2.15. The number of fused-ring (bicyclic) bond motifs is 1. The Bertz CT molecular complexity index is 1430. The van der Waals surface area contributed by atoms with Crippen molar-refractivity contribution >= 4 is 57.3 Å². The van der Waals surface area contributed by atoms with Crippen molar-refractivity contribution in [1.82, 2.24) is 14.9 Å². The Hall–Kier alpha value is -2.94. The number of benzene rings is 2. The number of carbonyl (C=O) groups is 2. The van der Waals surface area contributed by atoms with Gasteiger partial charge in [-0.25, -0.2) is 4.98 Å². The number of aryl methyl sites for hydroxylation is 1. The molecule has 33 heavy (non-hydrogen) atoms. The van der Waals surface area contributed by atoms with Crippen molar-refractivity contribution in [2.24, 2.45) is 0 Å². The summed E-state index contributed by atoms with van der Waals surface area (Å²) >= 11 is 8.68. The fourth-order valence-corrected chi connectivity index (χ4v) is 5.33. The first-order chi connectivity index (χ1) is 15.8. The molecular weight excluding hydrogens is 478 g/mol. The van der Waals surface area contributed by atoms with Gasteiger partial charge in [0.2, 0.25) is 5.91 Å². The van der Waals surface area contributed by atoms with Crippen molar-refractivity contribution < 1.29 is 9.59 Å². The molecule has 0 saturated heterocycles. The summed E-state index contributed by atoms with van der Waals surface area (Å²) in [7, 11) is 0. The number of nitrogens with zero attached hydrogens (tertiary/aromatic N) is 2. The maximum atomic E-state index is 13.4. The molecular formula is C24H20ClN3O3S2. The summed E-state index contributed by atoms with van der Waals surface area (Å²) in [6.45, 7) is 3.77. The molecule has 0 aliphatic rings. The van der Waals surface area contributed by atoms with E-state index >= 15 is 0 Å². The largest absolute Gasteiger partial charge is 0.351 e. The zero-order valence-corrected chi connectivity index (χ0v) is 20.3. The van der Waals surface area contributed by atoms with Crippen molar-refractivity contribution in [2.45, 2.75) is 25.5 Å². The Morgan fingerprint density at radius 3 is 2.70 bits per heavy atom. The fraction of sp³-hybridized carbons (Fsp3) is 0.167. The fourth-order valence-electron chi connectivity index (χ4n) is 3.30. The molecule has 0 atom stereocenters. The van der Waals surface area contributed by atoms with E-state index < -0.39 is 0 Å². The van der Waals surface area contributed by atoms with Crippen molar-refractivity contribution in [2.75, 3.05) is 5.75 Å². The van der Waals surface area contributed by atoms with E-state index in [2.05, 4.69) is 10.3 Å². The summed E-state index contributed by atoms with van der Waals surface area (Å²) in [6, 6.07) is 16.1. The van der Waals surface area contributed by atoms with Crippen LogP contribution < -0.4 is 10.9 Å². The van der Waals surface area contributed by atoms with E-state index in [-0.39, 0.29) is 23.0 Å². The molecule has 2 heterocycles. The highest BCUT2D eigenvalue weighted by atomic mass is 35.5. The summed E-state index contributed by atoms with van der Waals surface area (Å²) in [5.74, 6) is -0.0795. The molecule has 9 heteroatoms. The molecule has 4 rings (SSSR count). The molecule has 0 bridgehead atoms. The van der Waals surface area contributed by atoms with E-state index in [4.69, 9.17) is 11.6 Å². The first-order valence-electron chi connectivity index (χ1n) is 10.1. The van der Waals surface area contributed by atoms with Gasteiger partial charge in [0, 0.05) is 16.8 Å². The summed E-state index contributed by atoms with van der Waals surface area (Å²) < 4.78 is 1.56. The van der Waals surface area contributed by atoms with Crippen LogP contribution in [0.3, 0.4) is 0 Å². The Kier molecular flexibility index (Phi) is 6.97. The van der Waals surface area contributed by atoms with Crippen molar-refractivity contribution in [3.63, 3.8) is 0 Å². The standard InChI is InChI=1S/C24H20ClN3O3S2/c1-14-5-3-4-6-20(14)28-23(31)18-9-7-16(25)11-19(18)27-24(28)32-13-21(30)22-10-8-17(33-22)12-26-15(2)29/h3-11H,12-13H2,1-2H3,(H,26,29). The number of ketones is 1. The van der Waals surface area contributed by atoms with Gasteiger partial charge in [-0.1, -0.05) is 41.6 Å². The van der Waals surface area contributed by atoms with E-state index in [0.29, 0.717) is 32.5 Å². The van der Waals surface area contributed by atoms with Gasteiger partial charge in [-0.2, -0.15) is 0 Å². The van der Waals surface area contributed by atoms with Crippen LogP contribution in [0.2, 0.25) is 5.02 Å². The maximum Gasteiger partial charge on any atom is 0.266 e. The third-order valence-corrected chi connectivity index (χ3v) is 7.24. The molecule has 0 fully saturated rings. The van der Waals surface area contributed by atoms with Crippen LogP contribution in [0.1, 0.15) is 27.0 Å². The van der Waals surface area contributed by atoms with Gasteiger partial charge < -0.3 is 5.32 Å². The van der Waals surface area contributed by atoms with Gasteiger partial charge in [-0.3, -0.25) is 19.0 Å². The molecule has 0 spiro atoms. The molecule has 0 saturated carbocycles. The molecule has 0 radical (unpaired) electrons. The first kappa shape index (κ1) is 23.2. The number of amides is 1. The van der Waals surface area contributed by atoms with Gasteiger partial charge in [0.25, 0.3) is 5.56 Å². The zero-order valence-electron chi connectivity index (χ0n) is 17.9. The number of para-hydroxylation sites is 1. The number of thioether (sulfide) groups is 1. The summed E-state index contributed by atoms with van der Waals surface area (Å²) in [4.78, 5) is 43.5. The van der Waals surface area contributed by atoms with Gasteiger partial charge in [0.05, 0.1) is 33.8 Å². The van der Waals surface area contributed by atoms with E-state index in [1.165, 1.54) is 30.0 Å². The number of carbonyl (C=O) groups excluding carboxylic acids is 2. The molecule has 168 valence electrons. The topological polar surface area (TPSA) is 81.1 Å². The Morgan fingerprint density at radius 1 is 1.15 bits per heavy atom. The Labute approximate surface area is 203 Å². The van der Waals surface area contributed by atoms with Crippen LogP contribution in [0.25, 0.3) is 16.6 Å². The highest BCUT2D eigenvalue weighted by Gasteiger charge is 2.17. The molecule has 0 aliphatic heterocycles. The second-order valence-electron chi connectivity index (χ2n) is 7.37. The number of hydrogen-bond acceptors (Lipinski definition) is 6. The minimum atomic E-state index is -0.213. The molecule has 0 unspecified atom stereocenters. The minimum Gasteiger partial charge on any atom is -0.351 e. The van der Waals surface area contributed by atoms with Gasteiger partial charge in [-0.05, 0) is 48.9 Å². The molecule has 1 amide bonds. The monoisotopic (exact) mass is 497 g/mol. The van der Waals surface area contributed by atoms with Crippen molar-refractivity contribution in [3.8, 4) is 5.69 Å². The predicted molar refractivity (Wildman–Crippen MR) is 134 cm³/mol. The minimum absolute atomic E-state index is 0.0733. The predicted octanol–water partition coefficient (Wildman–Crippen LogP) is 5.02. The van der Waals surface area contributed by atoms with Crippen LogP contribution in [0.5, 0.6) is 0 Å². The molecule has 0 aliphatic carbocycles. The number of nitrogens with one attached hydrogen (secondary N) is 1. The lowest BCUT2D eigenvalue weighted by molar-refractivity contribution is -0.119. The average Bonchev–Trinajstić information content (AvgIpc) is 3.26. The highest BCUT2D eigenvalue weighted by molar-refractivity contribution is 7.99. The highest BCUT2D eigenvalue weighted by Crippen LogP contribution is 2.26. The third kappa shape index (κ3) is 5.19. The number of aromatic nitrogens is 2. The number of hydrogen-bond donors (Lipinski definition) is 1. The van der Waals surface area contributed by atoms with Crippen LogP contribution in [0, 0.1) is 6.92 Å². The molecule has 6 nitrogen and oxygen atoms in total. The van der Waals surface area contributed by atoms with Crippen LogP contribution in [0.15, 0.2) is 64.5 Å². The lowest BCUT2D eigenvalue weighted by Crippen LogP contribution is -2.23. The number of Topliss-reactive ketones (excluding diaryl/α,β-unsaturated/α-hetero) is 1. The summed E-state index contributed by atoms with van der Waals surface area (Å²) in [6.07, 6.45) is 0. The van der Waals surface area contributed by atoms with E-state index in [1.807, 2.05) is 37.3 Å². The molecule has 2 aromatic carbocycles. The second-order valence-corrected chi connectivity index (χ2v) is 9.92. The van der Waals surface area contributed by atoms with Gasteiger partial charge in [0.1, 0.15) is 0 Å². The van der Waals surface area contributed by atoms with Crippen LogP contribution in [-0.4, -0.2) is 27.0 Å². The normalized spacial score (nSPS) is 11.0. The van der Waals surface area contributed by atoms with E-state index in [1.54, 1.807) is 28.8 Å². The maximum absolute atomic E-state index is 13.4. The Morgan fingerprint density at radius 2 is 1.94 bits per heavy atom. The SMILES string of the molecule is CC(=O)NCc1ccc(C(=O)CSc2nc3cc(Cl)ccc3c(=O)n2-c2ccccc2C)s1. The van der Waals surface area contributed by atoms with E-state index in [0.717, 1.165) is 16.1 Å². The first-order valence-corrected chi connectivity index (χ1v) is 12.3. The van der Waals surface area contributed by atoms with Crippen LogP contribution >= 0.6 is 34.7 Å². The smallest absolute Gasteiger partial charge is 0.266 e. The average molecular weight is 498 g/mol.